The Hall–Kier alpha value is -1.38. The van der Waals surface area contributed by atoms with Gasteiger partial charge in [-0.25, -0.2) is 0 Å². The molecule has 1 amide bonds. The Bertz CT molecular complexity index is 677. The fourth-order valence-electron chi connectivity index (χ4n) is 2.14. The molecule has 20 heavy (non-hydrogen) atoms. The van der Waals surface area contributed by atoms with Crippen molar-refractivity contribution in [1.82, 2.24) is 0 Å². The number of halogens is 1. The van der Waals surface area contributed by atoms with Crippen LogP contribution in [0.2, 0.25) is 0 Å². The standard InChI is InChI=1S/C14H11BINO3/c16-13-4-2-1-3-11(13)14(18)17-10-6-5-9-8-20-15(19)12(9)7-10/h1-7,19H,8H2,(H,17,18). The lowest BCUT2D eigenvalue weighted by Crippen LogP contribution is -2.28. The first-order valence-electron chi connectivity index (χ1n) is 6.13. The average Bonchev–Trinajstić information content (AvgIpc) is 2.81. The van der Waals surface area contributed by atoms with E-state index in [2.05, 4.69) is 27.9 Å². The molecule has 0 unspecified atom stereocenters. The minimum absolute atomic E-state index is 0.164. The van der Waals surface area contributed by atoms with Crippen molar-refractivity contribution >= 4 is 46.8 Å². The SMILES string of the molecule is O=C(Nc1ccc2c(c1)B(O)OC2)c1ccccc1I. The van der Waals surface area contributed by atoms with Crippen LogP contribution in [0, 0.1) is 3.57 Å². The number of nitrogens with one attached hydrogen (secondary N) is 1. The molecule has 0 saturated heterocycles. The Morgan fingerprint density at radius 3 is 2.90 bits per heavy atom. The summed E-state index contributed by atoms with van der Waals surface area (Å²) < 4.78 is 6.02. The van der Waals surface area contributed by atoms with Crippen molar-refractivity contribution in [2.45, 2.75) is 6.61 Å². The Morgan fingerprint density at radius 1 is 1.30 bits per heavy atom. The largest absolute Gasteiger partial charge is 0.491 e. The maximum Gasteiger partial charge on any atom is 0.491 e. The molecule has 1 heterocycles. The summed E-state index contributed by atoms with van der Waals surface area (Å²) in [4.78, 5) is 12.2. The summed E-state index contributed by atoms with van der Waals surface area (Å²) in [6, 6.07) is 12.8. The second-order valence-corrected chi connectivity index (χ2v) is 5.67. The van der Waals surface area contributed by atoms with Crippen LogP contribution < -0.4 is 10.8 Å². The third-order valence-electron chi connectivity index (χ3n) is 3.18. The van der Waals surface area contributed by atoms with Crippen LogP contribution in [-0.2, 0) is 11.3 Å². The fraction of sp³-hybridized carbons (Fsp3) is 0.0714. The predicted molar refractivity (Wildman–Crippen MR) is 86.0 cm³/mol. The minimum Gasteiger partial charge on any atom is -0.423 e. The number of hydrogen-bond donors (Lipinski definition) is 2. The Kier molecular flexibility index (Phi) is 3.77. The molecular weight excluding hydrogens is 368 g/mol. The molecule has 3 rings (SSSR count). The van der Waals surface area contributed by atoms with Crippen LogP contribution >= 0.6 is 22.6 Å². The zero-order valence-electron chi connectivity index (χ0n) is 10.5. The predicted octanol–water partition coefficient (Wildman–Crippen LogP) is 1.76. The van der Waals surface area contributed by atoms with Gasteiger partial charge in [0.1, 0.15) is 0 Å². The summed E-state index contributed by atoms with van der Waals surface area (Å²) in [5, 5.41) is 12.5. The second-order valence-electron chi connectivity index (χ2n) is 4.51. The van der Waals surface area contributed by atoms with E-state index in [0.717, 1.165) is 9.13 Å². The first-order chi connectivity index (χ1) is 9.65. The second kappa shape index (κ2) is 5.55. The van der Waals surface area contributed by atoms with Crippen molar-refractivity contribution < 1.29 is 14.5 Å². The number of carbonyl (C=O) groups is 1. The van der Waals surface area contributed by atoms with Crippen LogP contribution in [0.3, 0.4) is 0 Å². The number of rotatable bonds is 2. The number of fused-ring (bicyclic) bond motifs is 1. The van der Waals surface area contributed by atoms with Gasteiger partial charge in [0.15, 0.2) is 0 Å². The zero-order valence-corrected chi connectivity index (χ0v) is 12.6. The van der Waals surface area contributed by atoms with Crippen LogP contribution in [0.4, 0.5) is 5.69 Å². The summed E-state index contributed by atoms with van der Waals surface area (Å²) >= 11 is 2.13. The van der Waals surface area contributed by atoms with Gasteiger partial charge in [-0.2, -0.15) is 0 Å². The molecule has 2 N–H and O–H groups in total. The van der Waals surface area contributed by atoms with Crippen LogP contribution in [-0.4, -0.2) is 18.0 Å². The molecule has 0 atom stereocenters. The average molecular weight is 379 g/mol. The number of amides is 1. The molecular formula is C14H11BINO3. The Balaban J connectivity index is 1.84. The minimum atomic E-state index is -0.904. The third kappa shape index (κ3) is 2.58. The van der Waals surface area contributed by atoms with E-state index in [1.165, 1.54) is 0 Å². The van der Waals surface area contributed by atoms with Gasteiger partial charge < -0.3 is 15.0 Å². The van der Waals surface area contributed by atoms with E-state index in [4.69, 9.17) is 4.65 Å². The highest BCUT2D eigenvalue weighted by atomic mass is 127. The zero-order chi connectivity index (χ0) is 14.1. The van der Waals surface area contributed by atoms with Crippen molar-refractivity contribution in [1.29, 1.82) is 0 Å². The highest BCUT2D eigenvalue weighted by Gasteiger charge is 2.27. The van der Waals surface area contributed by atoms with Gasteiger partial charge >= 0.3 is 7.12 Å². The van der Waals surface area contributed by atoms with Gasteiger partial charge in [0.05, 0.1) is 12.2 Å². The lowest BCUT2D eigenvalue weighted by molar-refractivity contribution is 0.102. The van der Waals surface area contributed by atoms with Crippen LogP contribution in [0.15, 0.2) is 42.5 Å². The molecule has 0 bridgehead atoms. The van der Waals surface area contributed by atoms with E-state index in [9.17, 15) is 9.82 Å². The highest BCUT2D eigenvalue weighted by Crippen LogP contribution is 2.17. The molecule has 1 aliphatic heterocycles. The molecule has 1 aliphatic rings. The molecule has 0 spiro atoms. The summed E-state index contributed by atoms with van der Waals surface area (Å²) in [5.41, 5.74) is 2.94. The topological polar surface area (TPSA) is 58.6 Å². The lowest BCUT2D eigenvalue weighted by Gasteiger charge is -2.08. The molecule has 4 nitrogen and oxygen atoms in total. The summed E-state index contributed by atoms with van der Waals surface area (Å²) in [7, 11) is -0.904. The molecule has 0 saturated carbocycles. The quantitative estimate of drug-likeness (QED) is 0.618. The Labute approximate surface area is 130 Å². The van der Waals surface area contributed by atoms with Crippen molar-refractivity contribution in [2.24, 2.45) is 0 Å². The van der Waals surface area contributed by atoms with Gasteiger partial charge in [0, 0.05) is 9.26 Å². The fourth-order valence-corrected chi connectivity index (χ4v) is 2.77. The maximum absolute atomic E-state index is 12.2. The van der Waals surface area contributed by atoms with Gasteiger partial charge in [-0.3, -0.25) is 4.79 Å². The van der Waals surface area contributed by atoms with E-state index in [-0.39, 0.29) is 5.91 Å². The molecule has 0 fully saturated rings. The lowest BCUT2D eigenvalue weighted by atomic mass is 9.79. The number of benzene rings is 2. The first kappa shape index (κ1) is 13.6. The van der Waals surface area contributed by atoms with E-state index >= 15 is 0 Å². The normalized spacial score (nSPS) is 13.2. The van der Waals surface area contributed by atoms with Gasteiger partial charge in [-0.1, -0.05) is 18.2 Å². The van der Waals surface area contributed by atoms with Crippen molar-refractivity contribution in [3.05, 3.63) is 57.2 Å². The number of anilines is 1. The van der Waals surface area contributed by atoms with Crippen LogP contribution in [0.25, 0.3) is 0 Å². The summed E-state index contributed by atoms with van der Waals surface area (Å²) in [5.74, 6) is -0.164. The van der Waals surface area contributed by atoms with Crippen molar-refractivity contribution in [2.75, 3.05) is 5.32 Å². The third-order valence-corrected chi connectivity index (χ3v) is 4.13. The van der Waals surface area contributed by atoms with E-state index in [0.29, 0.717) is 23.3 Å². The van der Waals surface area contributed by atoms with Gasteiger partial charge in [0.2, 0.25) is 0 Å². The molecule has 2 aromatic rings. The molecule has 0 aliphatic carbocycles. The molecule has 0 radical (unpaired) electrons. The highest BCUT2D eigenvalue weighted by molar-refractivity contribution is 14.1. The molecule has 6 heteroatoms. The maximum atomic E-state index is 12.2. The number of carbonyl (C=O) groups excluding carboxylic acids is 1. The van der Waals surface area contributed by atoms with E-state index in [1.54, 1.807) is 12.1 Å². The van der Waals surface area contributed by atoms with Crippen molar-refractivity contribution in [3.8, 4) is 0 Å². The molecule has 2 aromatic carbocycles. The first-order valence-corrected chi connectivity index (χ1v) is 7.21. The van der Waals surface area contributed by atoms with Gasteiger partial charge in [-0.15, -0.1) is 0 Å². The summed E-state index contributed by atoms with van der Waals surface area (Å²) in [6.07, 6.45) is 0. The monoisotopic (exact) mass is 379 g/mol. The Morgan fingerprint density at radius 2 is 2.10 bits per heavy atom. The van der Waals surface area contributed by atoms with Crippen molar-refractivity contribution in [3.63, 3.8) is 0 Å². The molecule has 0 aromatic heterocycles. The van der Waals surface area contributed by atoms with E-state index in [1.807, 2.05) is 30.3 Å². The van der Waals surface area contributed by atoms with Crippen LogP contribution in [0.5, 0.6) is 0 Å². The molecule has 100 valence electrons. The van der Waals surface area contributed by atoms with Gasteiger partial charge in [0.25, 0.3) is 5.91 Å². The van der Waals surface area contributed by atoms with E-state index < -0.39 is 7.12 Å². The van der Waals surface area contributed by atoms with Gasteiger partial charge in [-0.05, 0) is 57.9 Å². The smallest absolute Gasteiger partial charge is 0.423 e. The summed E-state index contributed by atoms with van der Waals surface area (Å²) in [6.45, 7) is 0.404. The van der Waals surface area contributed by atoms with Crippen LogP contribution in [0.1, 0.15) is 15.9 Å². The number of hydrogen-bond acceptors (Lipinski definition) is 3.